The highest BCUT2D eigenvalue weighted by molar-refractivity contribution is 5.40. The van der Waals surface area contributed by atoms with Crippen LogP contribution in [0.4, 0.5) is 0 Å². The Morgan fingerprint density at radius 1 is 1.25 bits per heavy atom. The number of benzene rings is 1. The molecule has 1 N–H and O–H groups in total. The molecule has 3 rings (SSSR count). The van der Waals surface area contributed by atoms with Crippen molar-refractivity contribution in [3.63, 3.8) is 0 Å². The Morgan fingerprint density at radius 3 is 2.65 bits per heavy atom. The van der Waals surface area contributed by atoms with E-state index >= 15 is 0 Å². The molecule has 1 unspecified atom stereocenters. The molecule has 0 aromatic heterocycles. The van der Waals surface area contributed by atoms with Crippen molar-refractivity contribution in [3.05, 3.63) is 24.3 Å². The monoisotopic (exact) mass is 276 g/mol. The number of piperidine rings is 1. The van der Waals surface area contributed by atoms with Crippen molar-refractivity contribution in [1.29, 1.82) is 0 Å². The van der Waals surface area contributed by atoms with Gasteiger partial charge in [-0.2, -0.15) is 0 Å². The van der Waals surface area contributed by atoms with Gasteiger partial charge in [-0.05, 0) is 38.9 Å². The van der Waals surface area contributed by atoms with Crippen LogP contribution in [0.5, 0.6) is 11.5 Å². The molecule has 0 amide bonds. The zero-order chi connectivity index (χ0) is 14.0. The van der Waals surface area contributed by atoms with Gasteiger partial charge in [0.25, 0.3) is 0 Å². The van der Waals surface area contributed by atoms with E-state index in [0.717, 1.165) is 31.1 Å². The van der Waals surface area contributed by atoms with Gasteiger partial charge in [-0.25, -0.2) is 0 Å². The third-order valence-corrected chi connectivity index (χ3v) is 4.59. The number of para-hydroxylation sites is 2. The van der Waals surface area contributed by atoms with Crippen molar-refractivity contribution >= 4 is 0 Å². The normalized spacial score (nSPS) is 25.4. The number of fused-ring (bicyclic) bond motifs is 1. The van der Waals surface area contributed by atoms with Crippen molar-refractivity contribution in [2.24, 2.45) is 0 Å². The molecule has 4 heteroatoms. The minimum atomic E-state index is 0.142. The van der Waals surface area contributed by atoms with Gasteiger partial charge in [0.1, 0.15) is 12.7 Å². The van der Waals surface area contributed by atoms with Gasteiger partial charge in [0.15, 0.2) is 11.5 Å². The van der Waals surface area contributed by atoms with Crippen molar-refractivity contribution in [2.45, 2.75) is 31.4 Å². The molecular weight excluding hydrogens is 252 g/mol. The molecule has 1 aromatic carbocycles. The molecule has 0 radical (unpaired) electrons. The highest BCUT2D eigenvalue weighted by atomic mass is 16.6. The maximum atomic E-state index is 6.03. The van der Waals surface area contributed by atoms with E-state index in [1.807, 2.05) is 24.3 Å². The summed E-state index contributed by atoms with van der Waals surface area (Å²) in [7, 11) is 2.06. The van der Waals surface area contributed by atoms with E-state index in [2.05, 4.69) is 24.2 Å². The first-order valence-corrected chi connectivity index (χ1v) is 7.48. The minimum Gasteiger partial charge on any atom is -0.486 e. The second-order valence-corrected chi connectivity index (χ2v) is 6.11. The summed E-state index contributed by atoms with van der Waals surface area (Å²) in [5, 5.41) is 3.43. The second kappa shape index (κ2) is 5.62. The standard InChI is InChI=1S/C16H24N2O2/c1-16(17-2)7-9-18(10-8-16)11-13-12-19-14-5-3-4-6-15(14)20-13/h3-6,13,17H,7-12H2,1-2H3. The Labute approximate surface area is 121 Å². The van der Waals surface area contributed by atoms with Gasteiger partial charge in [0.2, 0.25) is 0 Å². The smallest absolute Gasteiger partial charge is 0.161 e. The van der Waals surface area contributed by atoms with Gasteiger partial charge >= 0.3 is 0 Å². The minimum absolute atomic E-state index is 0.142. The van der Waals surface area contributed by atoms with Crippen LogP contribution in [-0.4, -0.2) is 49.8 Å². The number of likely N-dealkylation sites (tertiary alicyclic amines) is 1. The maximum absolute atomic E-state index is 6.03. The number of ether oxygens (including phenoxy) is 2. The summed E-state index contributed by atoms with van der Waals surface area (Å²) in [6.07, 6.45) is 2.52. The summed E-state index contributed by atoms with van der Waals surface area (Å²) in [5.74, 6) is 1.74. The fourth-order valence-electron chi connectivity index (χ4n) is 2.92. The summed E-state index contributed by atoms with van der Waals surface area (Å²) in [6, 6.07) is 7.91. The second-order valence-electron chi connectivity index (χ2n) is 6.11. The van der Waals surface area contributed by atoms with E-state index in [1.165, 1.54) is 12.8 Å². The van der Waals surface area contributed by atoms with Gasteiger partial charge in [-0.15, -0.1) is 0 Å². The highest BCUT2D eigenvalue weighted by Gasteiger charge is 2.30. The number of hydrogen-bond donors (Lipinski definition) is 1. The SMILES string of the molecule is CNC1(C)CCN(CC2COc3ccccc3O2)CC1. The molecule has 1 atom stereocenters. The highest BCUT2D eigenvalue weighted by Crippen LogP contribution is 2.31. The molecule has 0 saturated carbocycles. The Hall–Kier alpha value is -1.26. The largest absolute Gasteiger partial charge is 0.486 e. The van der Waals surface area contributed by atoms with Gasteiger partial charge in [-0.3, -0.25) is 4.90 Å². The van der Waals surface area contributed by atoms with E-state index in [0.29, 0.717) is 12.1 Å². The first-order valence-electron chi connectivity index (χ1n) is 7.48. The summed E-state index contributed by atoms with van der Waals surface area (Å²) >= 11 is 0. The molecule has 0 aliphatic carbocycles. The summed E-state index contributed by atoms with van der Waals surface area (Å²) < 4.78 is 11.8. The molecule has 0 spiro atoms. The fraction of sp³-hybridized carbons (Fsp3) is 0.625. The van der Waals surface area contributed by atoms with Crippen molar-refractivity contribution in [2.75, 3.05) is 33.3 Å². The average molecular weight is 276 g/mol. The van der Waals surface area contributed by atoms with Crippen molar-refractivity contribution in [3.8, 4) is 11.5 Å². The predicted octanol–water partition coefficient (Wildman–Crippen LogP) is 1.90. The van der Waals surface area contributed by atoms with Crippen LogP contribution in [0, 0.1) is 0 Å². The third kappa shape index (κ3) is 2.91. The molecule has 1 aromatic rings. The number of hydrogen-bond acceptors (Lipinski definition) is 4. The quantitative estimate of drug-likeness (QED) is 0.914. The first kappa shape index (κ1) is 13.7. The summed E-state index contributed by atoms with van der Waals surface area (Å²) in [4.78, 5) is 2.49. The van der Waals surface area contributed by atoms with Crippen LogP contribution in [0.3, 0.4) is 0 Å². The molecule has 2 aliphatic rings. The van der Waals surface area contributed by atoms with E-state index in [4.69, 9.17) is 9.47 Å². The predicted molar refractivity (Wildman–Crippen MR) is 79.5 cm³/mol. The lowest BCUT2D eigenvalue weighted by atomic mass is 9.90. The van der Waals surface area contributed by atoms with Crippen LogP contribution in [0.1, 0.15) is 19.8 Å². The van der Waals surface area contributed by atoms with Gasteiger partial charge in [0, 0.05) is 25.2 Å². The molecule has 110 valence electrons. The van der Waals surface area contributed by atoms with Crippen LogP contribution in [0.25, 0.3) is 0 Å². The van der Waals surface area contributed by atoms with E-state index in [9.17, 15) is 0 Å². The van der Waals surface area contributed by atoms with Crippen LogP contribution >= 0.6 is 0 Å². The Balaban J connectivity index is 1.53. The van der Waals surface area contributed by atoms with Crippen molar-refractivity contribution < 1.29 is 9.47 Å². The van der Waals surface area contributed by atoms with Crippen LogP contribution in [-0.2, 0) is 0 Å². The Bertz CT molecular complexity index is 456. The van der Waals surface area contributed by atoms with Crippen molar-refractivity contribution in [1.82, 2.24) is 10.2 Å². The number of nitrogens with one attached hydrogen (secondary N) is 1. The van der Waals surface area contributed by atoms with Gasteiger partial charge in [0.05, 0.1) is 0 Å². The topological polar surface area (TPSA) is 33.7 Å². The average Bonchev–Trinajstić information content (AvgIpc) is 2.50. The lowest BCUT2D eigenvalue weighted by molar-refractivity contribution is 0.0434. The van der Waals surface area contributed by atoms with Crippen LogP contribution in [0.15, 0.2) is 24.3 Å². The summed E-state index contributed by atoms with van der Waals surface area (Å²) in [5.41, 5.74) is 0.299. The zero-order valence-electron chi connectivity index (χ0n) is 12.4. The Morgan fingerprint density at radius 2 is 1.95 bits per heavy atom. The number of nitrogens with zero attached hydrogens (tertiary/aromatic N) is 1. The Kier molecular flexibility index (Phi) is 3.85. The van der Waals surface area contributed by atoms with E-state index in [1.54, 1.807) is 0 Å². The lowest BCUT2D eigenvalue weighted by Crippen LogP contribution is -2.52. The molecule has 1 fully saturated rings. The number of rotatable bonds is 3. The van der Waals surface area contributed by atoms with E-state index in [-0.39, 0.29) is 6.10 Å². The fourth-order valence-corrected chi connectivity index (χ4v) is 2.92. The molecule has 4 nitrogen and oxygen atoms in total. The van der Waals surface area contributed by atoms with Gasteiger partial charge < -0.3 is 14.8 Å². The molecule has 20 heavy (non-hydrogen) atoms. The van der Waals surface area contributed by atoms with Gasteiger partial charge in [-0.1, -0.05) is 12.1 Å². The first-order chi connectivity index (χ1) is 9.68. The lowest BCUT2D eigenvalue weighted by Gasteiger charge is -2.40. The third-order valence-electron chi connectivity index (χ3n) is 4.59. The van der Waals surface area contributed by atoms with Crippen LogP contribution in [0.2, 0.25) is 0 Å². The molecular formula is C16H24N2O2. The zero-order valence-corrected chi connectivity index (χ0v) is 12.4. The maximum Gasteiger partial charge on any atom is 0.161 e. The molecule has 1 saturated heterocycles. The molecule has 0 bridgehead atoms. The van der Waals surface area contributed by atoms with Crippen LogP contribution < -0.4 is 14.8 Å². The summed E-state index contributed by atoms with van der Waals surface area (Å²) in [6.45, 7) is 6.16. The molecule has 2 aliphatic heterocycles. The van der Waals surface area contributed by atoms with E-state index < -0.39 is 0 Å². The molecule has 2 heterocycles.